The van der Waals surface area contributed by atoms with Crippen molar-refractivity contribution in [2.24, 2.45) is 0 Å². The van der Waals surface area contributed by atoms with E-state index in [2.05, 4.69) is 20.3 Å². The van der Waals surface area contributed by atoms with Crippen LogP contribution in [0.2, 0.25) is 10.0 Å². The average molecular weight is 437 g/mol. The lowest BCUT2D eigenvalue weighted by Gasteiger charge is -2.35. The summed E-state index contributed by atoms with van der Waals surface area (Å²) in [6.07, 6.45) is 3.94. The van der Waals surface area contributed by atoms with Crippen LogP contribution in [0.3, 0.4) is 0 Å². The highest BCUT2D eigenvalue weighted by Gasteiger charge is 2.37. The molecular formula is C20H22Cl2N4O3. The summed E-state index contributed by atoms with van der Waals surface area (Å²) in [7, 11) is 5.00. The number of aromatic nitrogens is 3. The molecule has 7 nitrogen and oxygen atoms in total. The zero-order valence-electron chi connectivity index (χ0n) is 16.4. The molecule has 0 amide bonds. The zero-order valence-corrected chi connectivity index (χ0v) is 17.9. The highest BCUT2D eigenvalue weighted by atomic mass is 35.5. The molecule has 0 saturated carbocycles. The average Bonchev–Trinajstić information content (AvgIpc) is 3.09. The molecule has 2 heterocycles. The highest BCUT2D eigenvalue weighted by molar-refractivity contribution is 6.42. The molecule has 154 valence electrons. The normalized spacial score (nSPS) is 18.7. The molecule has 0 saturated heterocycles. The summed E-state index contributed by atoms with van der Waals surface area (Å²) in [6.45, 7) is 0.521. The van der Waals surface area contributed by atoms with Gasteiger partial charge in [0.05, 0.1) is 40.4 Å². The van der Waals surface area contributed by atoms with Crippen molar-refractivity contribution in [1.82, 2.24) is 15.0 Å². The molecule has 1 aliphatic carbocycles. The minimum atomic E-state index is -0.370. The third kappa shape index (κ3) is 3.64. The standard InChI is InChI=1S/C20H22Cl2N4O3/c1-27-9-20(29-3)5-4-14-11(8-20)17-18(25-14)23-10-24-19(17)26-15-6-12(21)13(22)7-16(15)28-2/h6-7,10H,4-5,8-9H2,1-3H3,(H2,23,24,25,26)/t20-/m0/s1. The monoisotopic (exact) mass is 436 g/mol. The minimum absolute atomic E-state index is 0.370. The van der Waals surface area contributed by atoms with Crippen molar-refractivity contribution in [3.63, 3.8) is 0 Å². The fraction of sp³-hybridized carbons (Fsp3) is 0.400. The summed E-state index contributed by atoms with van der Waals surface area (Å²) in [4.78, 5) is 12.3. The van der Waals surface area contributed by atoms with E-state index in [0.717, 1.165) is 35.1 Å². The van der Waals surface area contributed by atoms with Crippen LogP contribution in [0.1, 0.15) is 17.7 Å². The quantitative estimate of drug-likeness (QED) is 0.590. The van der Waals surface area contributed by atoms with Crippen molar-refractivity contribution in [2.45, 2.75) is 24.9 Å². The molecule has 29 heavy (non-hydrogen) atoms. The number of rotatable bonds is 6. The number of aryl methyl sites for hydroxylation is 1. The van der Waals surface area contributed by atoms with Gasteiger partial charge < -0.3 is 24.5 Å². The maximum Gasteiger partial charge on any atom is 0.143 e. The Bertz CT molecular complexity index is 1060. The topological polar surface area (TPSA) is 81.3 Å². The minimum Gasteiger partial charge on any atom is -0.495 e. The van der Waals surface area contributed by atoms with E-state index in [9.17, 15) is 0 Å². The number of fused-ring (bicyclic) bond motifs is 3. The van der Waals surface area contributed by atoms with Crippen molar-refractivity contribution in [2.75, 3.05) is 33.3 Å². The molecule has 0 aliphatic heterocycles. The molecular weight excluding hydrogens is 415 g/mol. The van der Waals surface area contributed by atoms with E-state index in [-0.39, 0.29) is 5.60 Å². The van der Waals surface area contributed by atoms with Gasteiger partial charge in [0, 0.05) is 32.4 Å². The van der Waals surface area contributed by atoms with E-state index in [1.54, 1.807) is 33.5 Å². The second-order valence-electron chi connectivity index (χ2n) is 7.12. The summed E-state index contributed by atoms with van der Waals surface area (Å²) in [5, 5.41) is 5.11. The smallest absolute Gasteiger partial charge is 0.143 e. The number of halogens is 2. The van der Waals surface area contributed by atoms with Crippen molar-refractivity contribution >= 4 is 45.7 Å². The van der Waals surface area contributed by atoms with Gasteiger partial charge in [0.2, 0.25) is 0 Å². The van der Waals surface area contributed by atoms with Crippen LogP contribution in [-0.4, -0.2) is 48.5 Å². The van der Waals surface area contributed by atoms with Gasteiger partial charge in [-0.05, 0) is 24.5 Å². The lowest BCUT2D eigenvalue weighted by Crippen LogP contribution is -2.42. The zero-order chi connectivity index (χ0) is 20.6. The summed E-state index contributed by atoms with van der Waals surface area (Å²) in [6, 6.07) is 3.39. The van der Waals surface area contributed by atoms with Crippen LogP contribution >= 0.6 is 23.2 Å². The predicted octanol–water partition coefficient (Wildman–Crippen LogP) is 4.54. The largest absolute Gasteiger partial charge is 0.495 e. The first kappa shape index (κ1) is 20.2. The molecule has 0 bridgehead atoms. The molecule has 4 rings (SSSR count). The molecule has 1 aliphatic rings. The maximum absolute atomic E-state index is 6.22. The van der Waals surface area contributed by atoms with Gasteiger partial charge in [0.1, 0.15) is 23.5 Å². The fourth-order valence-corrected chi connectivity index (χ4v) is 4.26. The van der Waals surface area contributed by atoms with E-state index < -0.39 is 0 Å². The van der Waals surface area contributed by atoms with Crippen LogP contribution in [0.25, 0.3) is 11.0 Å². The molecule has 0 radical (unpaired) electrons. The molecule has 9 heteroatoms. The number of anilines is 2. The molecule has 3 aromatic rings. The van der Waals surface area contributed by atoms with Gasteiger partial charge in [-0.1, -0.05) is 23.2 Å². The Kier molecular flexibility index (Phi) is 5.57. The van der Waals surface area contributed by atoms with Crippen LogP contribution in [0, 0.1) is 0 Å². The maximum atomic E-state index is 6.22. The number of benzene rings is 1. The summed E-state index contributed by atoms with van der Waals surface area (Å²) in [5.41, 5.74) is 3.35. The highest BCUT2D eigenvalue weighted by Crippen LogP contribution is 2.40. The molecule has 1 atom stereocenters. The molecule has 2 aromatic heterocycles. The van der Waals surface area contributed by atoms with Crippen molar-refractivity contribution in [1.29, 1.82) is 0 Å². The first-order valence-corrected chi connectivity index (χ1v) is 9.94. The van der Waals surface area contributed by atoms with Gasteiger partial charge in [-0.2, -0.15) is 0 Å². The molecule has 1 aromatic carbocycles. The predicted molar refractivity (Wildman–Crippen MR) is 114 cm³/mol. The number of nitrogens with one attached hydrogen (secondary N) is 2. The number of ether oxygens (including phenoxy) is 3. The summed E-state index contributed by atoms with van der Waals surface area (Å²) in [5.74, 6) is 1.23. The van der Waals surface area contributed by atoms with Gasteiger partial charge in [0.25, 0.3) is 0 Å². The Morgan fingerprint density at radius 2 is 1.97 bits per heavy atom. The second kappa shape index (κ2) is 7.99. The van der Waals surface area contributed by atoms with E-state index in [4.69, 9.17) is 37.4 Å². The van der Waals surface area contributed by atoms with Crippen LogP contribution in [0.4, 0.5) is 11.5 Å². The fourth-order valence-electron chi connectivity index (χ4n) is 3.94. The van der Waals surface area contributed by atoms with Gasteiger partial charge >= 0.3 is 0 Å². The van der Waals surface area contributed by atoms with E-state index in [1.165, 1.54) is 6.33 Å². The summed E-state index contributed by atoms with van der Waals surface area (Å²) >= 11 is 12.3. The van der Waals surface area contributed by atoms with E-state index in [1.807, 2.05) is 0 Å². The third-order valence-electron chi connectivity index (χ3n) is 5.45. The Balaban J connectivity index is 1.80. The van der Waals surface area contributed by atoms with Crippen LogP contribution in [-0.2, 0) is 22.3 Å². The number of hydrogen-bond donors (Lipinski definition) is 2. The lowest BCUT2D eigenvalue weighted by molar-refractivity contribution is -0.0721. The van der Waals surface area contributed by atoms with Gasteiger partial charge in [-0.15, -0.1) is 0 Å². The van der Waals surface area contributed by atoms with Gasteiger partial charge in [0.15, 0.2) is 0 Å². The van der Waals surface area contributed by atoms with Crippen LogP contribution in [0.15, 0.2) is 18.5 Å². The van der Waals surface area contributed by atoms with Crippen molar-refractivity contribution < 1.29 is 14.2 Å². The van der Waals surface area contributed by atoms with Gasteiger partial charge in [-0.25, -0.2) is 9.97 Å². The van der Waals surface area contributed by atoms with Gasteiger partial charge in [-0.3, -0.25) is 0 Å². The first-order valence-electron chi connectivity index (χ1n) is 9.19. The molecule has 0 spiro atoms. The number of H-pyrrole nitrogens is 1. The second-order valence-corrected chi connectivity index (χ2v) is 7.93. The van der Waals surface area contributed by atoms with Crippen molar-refractivity contribution in [3.05, 3.63) is 39.8 Å². The van der Waals surface area contributed by atoms with E-state index >= 15 is 0 Å². The Labute approximate surface area is 178 Å². The Hall–Kier alpha value is -2.06. The first-order chi connectivity index (χ1) is 14.0. The molecule has 0 fully saturated rings. The van der Waals surface area contributed by atoms with Crippen LogP contribution < -0.4 is 10.1 Å². The number of aromatic amines is 1. The van der Waals surface area contributed by atoms with E-state index in [0.29, 0.717) is 40.3 Å². The summed E-state index contributed by atoms with van der Waals surface area (Å²) < 4.78 is 16.7. The SMILES string of the molecule is COC[C@]1(OC)CCc2[nH]c3ncnc(Nc4cc(Cl)c(Cl)cc4OC)c3c2C1. The Morgan fingerprint density at radius 3 is 2.69 bits per heavy atom. The molecule has 2 N–H and O–H groups in total. The Morgan fingerprint density at radius 1 is 1.17 bits per heavy atom. The van der Waals surface area contributed by atoms with Crippen LogP contribution in [0.5, 0.6) is 5.75 Å². The number of hydrogen-bond acceptors (Lipinski definition) is 6. The number of nitrogens with zero attached hydrogens (tertiary/aromatic N) is 2. The lowest BCUT2D eigenvalue weighted by atomic mass is 9.83. The van der Waals surface area contributed by atoms with Crippen molar-refractivity contribution in [3.8, 4) is 5.75 Å². The molecule has 0 unspecified atom stereocenters. The third-order valence-corrected chi connectivity index (χ3v) is 6.17. The number of methoxy groups -OCH3 is 3.